The number of benzene rings is 1. The van der Waals surface area contributed by atoms with E-state index in [1.807, 2.05) is 32.9 Å². The molecule has 0 atom stereocenters. The molecule has 0 aliphatic carbocycles. The number of anilines is 1. The number of rotatable bonds is 6. The van der Waals surface area contributed by atoms with E-state index in [0.717, 1.165) is 29.0 Å². The van der Waals surface area contributed by atoms with E-state index in [1.54, 1.807) is 12.1 Å². The number of aryl methyl sites for hydroxylation is 2. The van der Waals surface area contributed by atoms with Gasteiger partial charge in [0.25, 0.3) is 0 Å². The molecule has 0 radical (unpaired) electrons. The number of nitrogens with zero attached hydrogens (tertiary/aromatic N) is 1. The molecule has 2 rings (SSSR count). The summed E-state index contributed by atoms with van der Waals surface area (Å²) in [4.78, 5) is 0. The van der Waals surface area contributed by atoms with E-state index < -0.39 is 10.0 Å². The minimum Gasteiger partial charge on any atom is -0.361 e. The SMILES string of the molecule is CCCCS(=O)(=O)Nc1ccc(-c2c(C)noc2C)cc1. The van der Waals surface area contributed by atoms with E-state index in [4.69, 9.17) is 4.52 Å². The molecular weight excluding hydrogens is 288 g/mol. The van der Waals surface area contributed by atoms with Gasteiger partial charge in [0.1, 0.15) is 5.76 Å². The molecule has 0 amide bonds. The molecule has 0 unspecified atom stereocenters. The van der Waals surface area contributed by atoms with Crippen LogP contribution in [0.4, 0.5) is 5.69 Å². The molecule has 1 aromatic carbocycles. The number of aromatic nitrogens is 1. The van der Waals surface area contributed by atoms with Crippen molar-refractivity contribution in [2.75, 3.05) is 10.5 Å². The maximum atomic E-state index is 11.8. The predicted octanol–water partition coefficient (Wildman–Crippen LogP) is 3.50. The highest BCUT2D eigenvalue weighted by atomic mass is 32.2. The summed E-state index contributed by atoms with van der Waals surface area (Å²) in [6.07, 6.45) is 1.51. The summed E-state index contributed by atoms with van der Waals surface area (Å²) < 4.78 is 31.4. The van der Waals surface area contributed by atoms with Crippen LogP contribution in [0.1, 0.15) is 31.2 Å². The van der Waals surface area contributed by atoms with Gasteiger partial charge in [0.2, 0.25) is 10.0 Å². The standard InChI is InChI=1S/C15H20N2O3S/c1-4-5-10-21(18,19)17-14-8-6-13(7-9-14)15-11(2)16-20-12(15)3/h6-9,17H,4-5,10H2,1-3H3. The summed E-state index contributed by atoms with van der Waals surface area (Å²) >= 11 is 0. The molecule has 2 aromatic rings. The third-order valence-corrected chi connectivity index (χ3v) is 4.62. The minimum absolute atomic E-state index is 0.148. The second-order valence-corrected chi connectivity index (χ2v) is 6.89. The van der Waals surface area contributed by atoms with Gasteiger partial charge < -0.3 is 4.52 Å². The molecule has 1 heterocycles. The second-order valence-electron chi connectivity index (χ2n) is 5.05. The van der Waals surface area contributed by atoms with Gasteiger partial charge in [-0.15, -0.1) is 0 Å². The Morgan fingerprint density at radius 3 is 2.38 bits per heavy atom. The third kappa shape index (κ3) is 3.85. The Morgan fingerprint density at radius 2 is 1.86 bits per heavy atom. The lowest BCUT2D eigenvalue weighted by Gasteiger charge is -2.08. The highest BCUT2D eigenvalue weighted by Crippen LogP contribution is 2.27. The molecule has 1 N–H and O–H groups in total. The van der Waals surface area contributed by atoms with Gasteiger partial charge in [0.05, 0.1) is 11.4 Å². The number of unbranched alkanes of at least 4 members (excludes halogenated alkanes) is 1. The maximum Gasteiger partial charge on any atom is 0.232 e. The lowest BCUT2D eigenvalue weighted by Crippen LogP contribution is -2.16. The van der Waals surface area contributed by atoms with Crippen molar-refractivity contribution < 1.29 is 12.9 Å². The highest BCUT2D eigenvalue weighted by molar-refractivity contribution is 7.92. The molecule has 114 valence electrons. The molecule has 0 saturated heterocycles. The number of sulfonamides is 1. The molecule has 0 fully saturated rings. The topological polar surface area (TPSA) is 72.2 Å². The van der Waals surface area contributed by atoms with Crippen molar-refractivity contribution in [2.45, 2.75) is 33.6 Å². The van der Waals surface area contributed by atoms with Crippen molar-refractivity contribution in [1.82, 2.24) is 5.16 Å². The van der Waals surface area contributed by atoms with E-state index in [0.29, 0.717) is 12.1 Å². The number of hydrogen-bond donors (Lipinski definition) is 1. The first-order valence-electron chi connectivity index (χ1n) is 6.96. The van der Waals surface area contributed by atoms with Crippen LogP contribution in [0.3, 0.4) is 0 Å². The molecule has 6 heteroatoms. The van der Waals surface area contributed by atoms with Crippen LogP contribution in [0.25, 0.3) is 11.1 Å². The number of hydrogen-bond acceptors (Lipinski definition) is 4. The Bertz CT molecular complexity index is 684. The highest BCUT2D eigenvalue weighted by Gasteiger charge is 2.12. The van der Waals surface area contributed by atoms with Gasteiger partial charge in [0.15, 0.2) is 0 Å². The van der Waals surface area contributed by atoms with E-state index >= 15 is 0 Å². The minimum atomic E-state index is -3.26. The zero-order valence-electron chi connectivity index (χ0n) is 12.5. The van der Waals surface area contributed by atoms with Crippen LogP contribution in [-0.2, 0) is 10.0 Å². The van der Waals surface area contributed by atoms with Gasteiger partial charge in [-0.1, -0.05) is 30.6 Å². The average molecular weight is 308 g/mol. The van der Waals surface area contributed by atoms with Crippen molar-refractivity contribution in [2.24, 2.45) is 0 Å². The Hall–Kier alpha value is -1.82. The molecule has 0 saturated carbocycles. The molecule has 5 nitrogen and oxygen atoms in total. The van der Waals surface area contributed by atoms with Crippen LogP contribution in [0, 0.1) is 13.8 Å². The Labute approximate surface area is 125 Å². The Morgan fingerprint density at radius 1 is 1.19 bits per heavy atom. The largest absolute Gasteiger partial charge is 0.361 e. The van der Waals surface area contributed by atoms with E-state index in [-0.39, 0.29) is 5.75 Å². The lowest BCUT2D eigenvalue weighted by molar-refractivity contribution is 0.393. The fourth-order valence-electron chi connectivity index (χ4n) is 2.17. The fraction of sp³-hybridized carbons (Fsp3) is 0.400. The van der Waals surface area contributed by atoms with Crippen molar-refractivity contribution >= 4 is 15.7 Å². The molecular formula is C15H20N2O3S. The lowest BCUT2D eigenvalue weighted by atomic mass is 10.0. The summed E-state index contributed by atoms with van der Waals surface area (Å²) in [6, 6.07) is 7.24. The van der Waals surface area contributed by atoms with Gasteiger partial charge in [-0.25, -0.2) is 8.42 Å². The molecule has 0 bridgehead atoms. The molecule has 21 heavy (non-hydrogen) atoms. The van der Waals surface area contributed by atoms with Crippen molar-refractivity contribution in [1.29, 1.82) is 0 Å². The second kappa shape index (κ2) is 6.30. The zero-order chi connectivity index (χ0) is 15.5. The number of nitrogens with one attached hydrogen (secondary N) is 1. The third-order valence-electron chi connectivity index (χ3n) is 3.25. The van der Waals surface area contributed by atoms with Crippen LogP contribution >= 0.6 is 0 Å². The van der Waals surface area contributed by atoms with E-state index in [9.17, 15) is 8.42 Å². The summed E-state index contributed by atoms with van der Waals surface area (Å²) in [6.45, 7) is 5.71. The van der Waals surface area contributed by atoms with Crippen molar-refractivity contribution in [3.8, 4) is 11.1 Å². The normalized spacial score (nSPS) is 11.6. The van der Waals surface area contributed by atoms with Crippen LogP contribution in [-0.4, -0.2) is 19.3 Å². The van der Waals surface area contributed by atoms with Crippen LogP contribution in [0.2, 0.25) is 0 Å². The average Bonchev–Trinajstić information content (AvgIpc) is 2.77. The van der Waals surface area contributed by atoms with Crippen LogP contribution in [0.15, 0.2) is 28.8 Å². The van der Waals surface area contributed by atoms with Crippen molar-refractivity contribution in [3.05, 3.63) is 35.7 Å². The summed E-state index contributed by atoms with van der Waals surface area (Å²) in [5, 5.41) is 3.92. The van der Waals surface area contributed by atoms with Gasteiger partial charge in [-0.05, 0) is 38.0 Å². The summed E-state index contributed by atoms with van der Waals surface area (Å²) in [7, 11) is -3.26. The van der Waals surface area contributed by atoms with Crippen molar-refractivity contribution in [3.63, 3.8) is 0 Å². The maximum absolute atomic E-state index is 11.8. The molecule has 1 aromatic heterocycles. The monoisotopic (exact) mass is 308 g/mol. The molecule has 0 spiro atoms. The smallest absolute Gasteiger partial charge is 0.232 e. The van der Waals surface area contributed by atoms with Gasteiger partial charge in [-0.2, -0.15) is 0 Å². The zero-order valence-corrected chi connectivity index (χ0v) is 13.3. The fourth-order valence-corrected chi connectivity index (χ4v) is 3.43. The first kappa shape index (κ1) is 15.6. The first-order valence-corrected chi connectivity index (χ1v) is 8.62. The Balaban J connectivity index is 2.17. The summed E-state index contributed by atoms with van der Waals surface area (Å²) in [5.74, 6) is 0.901. The first-order chi connectivity index (χ1) is 9.93. The van der Waals surface area contributed by atoms with Crippen LogP contribution in [0.5, 0.6) is 0 Å². The van der Waals surface area contributed by atoms with Gasteiger partial charge in [0, 0.05) is 11.3 Å². The van der Waals surface area contributed by atoms with Gasteiger partial charge >= 0.3 is 0 Å². The molecule has 0 aliphatic rings. The van der Waals surface area contributed by atoms with Gasteiger partial charge in [-0.3, -0.25) is 4.72 Å². The van der Waals surface area contributed by atoms with Crippen LogP contribution < -0.4 is 4.72 Å². The summed E-state index contributed by atoms with van der Waals surface area (Å²) in [5.41, 5.74) is 3.31. The van der Waals surface area contributed by atoms with E-state index in [1.165, 1.54) is 0 Å². The van der Waals surface area contributed by atoms with E-state index in [2.05, 4.69) is 9.88 Å². The Kier molecular flexibility index (Phi) is 4.67. The quantitative estimate of drug-likeness (QED) is 0.886. The predicted molar refractivity (Wildman–Crippen MR) is 83.7 cm³/mol. The molecule has 0 aliphatic heterocycles.